The van der Waals surface area contributed by atoms with Crippen molar-refractivity contribution in [3.63, 3.8) is 0 Å². The Morgan fingerprint density at radius 3 is 2.46 bits per heavy atom. The largest absolute Gasteiger partial charge is 0.451 e. The molecule has 1 N–H and O–H groups in total. The Balaban J connectivity index is 1.80. The molecule has 1 heterocycles. The number of nitrogens with one attached hydrogen (secondary N) is 1. The van der Waals surface area contributed by atoms with Crippen LogP contribution in [0.15, 0.2) is 57.7 Å². The molecule has 146 valence electrons. The Bertz CT molecular complexity index is 1040. The molecule has 0 radical (unpaired) electrons. The van der Waals surface area contributed by atoms with Gasteiger partial charge in [-0.05, 0) is 50.7 Å². The summed E-state index contributed by atoms with van der Waals surface area (Å²) in [6.45, 7) is 4.48. The van der Waals surface area contributed by atoms with Crippen LogP contribution in [0.5, 0.6) is 0 Å². The fraction of sp³-hybridized carbons (Fsp3) is 0.304. The molecule has 0 saturated carbocycles. The van der Waals surface area contributed by atoms with Gasteiger partial charge in [-0.3, -0.25) is 9.59 Å². The normalized spacial score (nSPS) is 12.3. The first-order valence-electron chi connectivity index (χ1n) is 9.47. The molecule has 28 heavy (non-hydrogen) atoms. The Hall–Kier alpha value is -2.92. The minimum absolute atomic E-state index is 0.0174. The standard InChI is InChI=1S/C23H26N2O3/c1-5-16-8-11-21-18(12-16)20(26)13-22(28-21)23(27)24-14-19(25(3)4)17-9-6-15(2)7-10-17/h6-13,19H,5,14H2,1-4H3,(H,24,27)/t19-/m1/s1. The zero-order chi connectivity index (χ0) is 20.3. The summed E-state index contributed by atoms with van der Waals surface area (Å²) < 4.78 is 5.69. The van der Waals surface area contributed by atoms with Gasteiger partial charge in [0.05, 0.1) is 11.4 Å². The fourth-order valence-corrected chi connectivity index (χ4v) is 3.20. The number of likely N-dealkylation sites (N-methyl/N-ethyl adjacent to an activating group) is 1. The Kier molecular flexibility index (Phi) is 5.95. The Labute approximate surface area is 165 Å². The first kappa shape index (κ1) is 19.8. The lowest BCUT2D eigenvalue weighted by Gasteiger charge is -2.25. The minimum atomic E-state index is -0.391. The first-order valence-corrected chi connectivity index (χ1v) is 9.47. The van der Waals surface area contributed by atoms with E-state index in [4.69, 9.17) is 4.42 Å². The van der Waals surface area contributed by atoms with Gasteiger partial charge in [-0.25, -0.2) is 0 Å². The second-order valence-electron chi connectivity index (χ2n) is 7.26. The molecule has 2 aromatic carbocycles. The van der Waals surface area contributed by atoms with E-state index in [9.17, 15) is 9.59 Å². The average molecular weight is 378 g/mol. The van der Waals surface area contributed by atoms with E-state index in [1.807, 2.05) is 45.0 Å². The van der Waals surface area contributed by atoms with Gasteiger partial charge in [0.2, 0.25) is 0 Å². The molecular weight excluding hydrogens is 352 g/mol. The van der Waals surface area contributed by atoms with E-state index in [0.717, 1.165) is 17.5 Å². The van der Waals surface area contributed by atoms with Crippen LogP contribution in [0, 0.1) is 6.92 Å². The summed E-state index contributed by atoms with van der Waals surface area (Å²) in [6.07, 6.45) is 0.836. The van der Waals surface area contributed by atoms with Gasteiger partial charge < -0.3 is 14.6 Å². The summed E-state index contributed by atoms with van der Waals surface area (Å²) >= 11 is 0. The lowest BCUT2D eigenvalue weighted by Crippen LogP contribution is -2.34. The lowest BCUT2D eigenvalue weighted by atomic mass is 10.0. The van der Waals surface area contributed by atoms with E-state index in [1.54, 1.807) is 6.07 Å². The molecule has 1 amide bonds. The maximum Gasteiger partial charge on any atom is 0.287 e. The average Bonchev–Trinajstić information content (AvgIpc) is 2.68. The van der Waals surface area contributed by atoms with E-state index in [2.05, 4.69) is 29.6 Å². The number of carbonyl (C=O) groups excluding carboxylic acids is 1. The van der Waals surface area contributed by atoms with Gasteiger partial charge in [-0.2, -0.15) is 0 Å². The molecule has 0 saturated heterocycles. The van der Waals surface area contributed by atoms with Crippen molar-refractivity contribution in [1.29, 1.82) is 0 Å². The van der Waals surface area contributed by atoms with Gasteiger partial charge in [-0.1, -0.05) is 42.8 Å². The molecule has 0 aliphatic carbocycles. The zero-order valence-corrected chi connectivity index (χ0v) is 16.8. The van der Waals surface area contributed by atoms with Crippen molar-refractivity contribution >= 4 is 16.9 Å². The Morgan fingerprint density at radius 2 is 1.82 bits per heavy atom. The van der Waals surface area contributed by atoms with E-state index in [-0.39, 0.29) is 17.2 Å². The van der Waals surface area contributed by atoms with Gasteiger partial charge in [0.25, 0.3) is 5.91 Å². The van der Waals surface area contributed by atoms with Gasteiger partial charge in [-0.15, -0.1) is 0 Å². The van der Waals surface area contributed by atoms with E-state index >= 15 is 0 Å². The molecule has 0 aliphatic rings. The van der Waals surface area contributed by atoms with Crippen LogP contribution >= 0.6 is 0 Å². The molecule has 5 nitrogen and oxygen atoms in total. The predicted octanol–water partition coefficient (Wildman–Crippen LogP) is 3.70. The monoisotopic (exact) mass is 378 g/mol. The molecule has 5 heteroatoms. The molecule has 1 atom stereocenters. The van der Waals surface area contributed by atoms with Crippen molar-refractivity contribution in [3.05, 3.63) is 81.2 Å². The zero-order valence-electron chi connectivity index (χ0n) is 16.8. The Morgan fingerprint density at radius 1 is 1.11 bits per heavy atom. The van der Waals surface area contributed by atoms with Crippen LogP contribution in [0.3, 0.4) is 0 Å². The molecule has 0 spiro atoms. The van der Waals surface area contributed by atoms with Crippen molar-refractivity contribution in [2.24, 2.45) is 0 Å². The van der Waals surface area contributed by atoms with Crippen LogP contribution in [0.25, 0.3) is 11.0 Å². The minimum Gasteiger partial charge on any atom is -0.451 e. The van der Waals surface area contributed by atoms with Gasteiger partial charge in [0.15, 0.2) is 11.2 Å². The fourth-order valence-electron chi connectivity index (χ4n) is 3.20. The highest BCUT2D eigenvalue weighted by atomic mass is 16.3. The van der Waals surface area contributed by atoms with Gasteiger partial charge >= 0.3 is 0 Å². The van der Waals surface area contributed by atoms with Crippen LogP contribution in [-0.2, 0) is 6.42 Å². The molecule has 1 aromatic heterocycles. The number of carbonyl (C=O) groups is 1. The predicted molar refractivity (Wildman–Crippen MR) is 112 cm³/mol. The van der Waals surface area contributed by atoms with E-state index < -0.39 is 5.91 Å². The number of nitrogens with zero attached hydrogens (tertiary/aromatic N) is 1. The van der Waals surface area contributed by atoms with E-state index in [0.29, 0.717) is 17.5 Å². The van der Waals surface area contributed by atoms with Crippen LogP contribution in [0.1, 0.15) is 40.2 Å². The number of hydrogen-bond donors (Lipinski definition) is 1. The lowest BCUT2D eigenvalue weighted by molar-refractivity contribution is 0.0914. The summed E-state index contributed by atoms with van der Waals surface area (Å²) in [4.78, 5) is 27.1. The topological polar surface area (TPSA) is 62.6 Å². The molecule has 0 bridgehead atoms. The highest BCUT2D eigenvalue weighted by Crippen LogP contribution is 2.19. The summed E-state index contributed by atoms with van der Waals surface area (Å²) in [6, 6.07) is 15.0. The van der Waals surface area contributed by atoms with Gasteiger partial charge in [0.1, 0.15) is 5.58 Å². The number of rotatable bonds is 6. The molecule has 3 aromatic rings. The first-order chi connectivity index (χ1) is 13.4. The van der Waals surface area contributed by atoms with Gasteiger partial charge in [0, 0.05) is 12.6 Å². The smallest absolute Gasteiger partial charge is 0.287 e. The van der Waals surface area contributed by atoms with E-state index in [1.165, 1.54) is 11.6 Å². The highest BCUT2D eigenvalue weighted by molar-refractivity contribution is 5.93. The SMILES string of the molecule is CCc1ccc2oc(C(=O)NC[C@H](c3ccc(C)cc3)N(C)C)cc(=O)c2c1. The number of amides is 1. The van der Waals surface area contributed by atoms with Crippen molar-refractivity contribution < 1.29 is 9.21 Å². The maximum atomic E-state index is 12.6. The van der Waals surface area contributed by atoms with Crippen molar-refractivity contribution in [2.45, 2.75) is 26.3 Å². The summed E-state index contributed by atoms with van der Waals surface area (Å²) in [5.41, 5.74) is 3.59. The molecule has 0 fully saturated rings. The third kappa shape index (κ3) is 4.31. The third-order valence-electron chi connectivity index (χ3n) is 4.97. The van der Waals surface area contributed by atoms with Crippen molar-refractivity contribution in [3.8, 4) is 0 Å². The van der Waals surface area contributed by atoms with Crippen molar-refractivity contribution in [2.75, 3.05) is 20.6 Å². The quantitative estimate of drug-likeness (QED) is 0.710. The maximum absolute atomic E-state index is 12.6. The number of fused-ring (bicyclic) bond motifs is 1. The van der Waals surface area contributed by atoms with Crippen LogP contribution in [0.4, 0.5) is 0 Å². The second kappa shape index (κ2) is 8.40. The highest BCUT2D eigenvalue weighted by Gasteiger charge is 2.18. The van der Waals surface area contributed by atoms with Crippen LogP contribution in [0.2, 0.25) is 0 Å². The van der Waals surface area contributed by atoms with Crippen LogP contribution in [-0.4, -0.2) is 31.4 Å². The summed E-state index contributed by atoms with van der Waals surface area (Å²) in [7, 11) is 3.94. The number of aryl methyl sites for hydroxylation is 2. The summed E-state index contributed by atoms with van der Waals surface area (Å²) in [5, 5.41) is 3.40. The second-order valence-corrected chi connectivity index (χ2v) is 7.26. The van der Waals surface area contributed by atoms with Crippen LogP contribution < -0.4 is 10.7 Å². The molecule has 0 unspecified atom stereocenters. The molecule has 0 aliphatic heterocycles. The van der Waals surface area contributed by atoms with Crippen molar-refractivity contribution in [1.82, 2.24) is 10.2 Å². The molecular formula is C23H26N2O3. The third-order valence-corrected chi connectivity index (χ3v) is 4.97. The summed E-state index contributed by atoms with van der Waals surface area (Å²) in [5.74, 6) is -0.360. The molecule has 3 rings (SSSR count). The number of hydrogen-bond acceptors (Lipinski definition) is 4. The number of benzene rings is 2.